The lowest BCUT2D eigenvalue weighted by Gasteiger charge is -2.17. The molecule has 4 heteroatoms. The molecular formula is C10H17N3S. The average molecular weight is 211 g/mol. The molecule has 1 aromatic heterocycles. The molecule has 1 fully saturated rings. The maximum Gasteiger partial charge on any atom is 0.154 e. The van der Waals surface area contributed by atoms with E-state index < -0.39 is 0 Å². The Morgan fingerprint density at radius 1 is 1.57 bits per heavy atom. The minimum Gasteiger partial charge on any atom is -0.263 e. The van der Waals surface area contributed by atoms with Gasteiger partial charge in [0.05, 0.1) is 0 Å². The molecule has 0 radical (unpaired) electrons. The van der Waals surface area contributed by atoms with Crippen molar-refractivity contribution >= 4 is 11.8 Å². The third kappa shape index (κ3) is 2.29. The predicted octanol–water partition coefficient (Wildman–Crippen LogP) is 2.37. The Morgan fingerprint density at radius 2 is 2.50 bits per heavy atom. The maximum absolute atomic E-state index is 4.54. The van der Waals surface area contributed by atoms with Crippen molar-refractivity contribution < 1.29 is 0 Å². The molecule has 1 unspecified atom stereocenters. The van der Waals surface area contributed by atoms with Crippen molar-refractivity contribution in [3.05, 3.63) is 11.6 Å². The fourth-order valence-electron chi connectivity index (χ4n) is 1.79. The van der Waals surface area contributed by atoms with Crippen LogP contribution in [0, 0.1) is 0 Å². The SMILES string of the molecule is CCCc1nc(C2CCCSC2)n[nH]1. The molecule has 2 heterocycles. The van der Waals surface area contributed by atoms with Gasteiger partial charge >= 0.3 is 0 Å². The second-order valence-corrected chi connectivity index (χ2v) is 4.95. The van der Waals surface area contributed by atoms with Crippen LogP contribution in [0.1, 0.15) is 43.8 Å². The van der Waals surface area contributed by atoms with Crippen molar-refractivity contribution in [3.63, 3.8) is 0 Å². The van der Waals surface area contributed by atoms with Crippen molar-refractivity contribution in [1.82, 2.24) is 15.2 Å². The summed E-state index contributed by atoms with van der Waals surface area (Å²) in [4.78, 5) is 4.54. The fraction of sp³-hybridized carbons (Fsp3) is 0.800. The number of rotatable bonds is 3. The Bertz CT molecular complexity index is 279. The minimum atomic E-state index is 0.593. The van der Waals surface area contributed by atoms with Crippen LogP contribution >= 0.6 is 11.8 Å². The molecule has 0 spiro atoms. The number of aryl methyl sites for hydroxylation is 1. The van der Waals surface area contributed by atoms with Gasteiger partial charge in [0.2, 0.25) is 0 Å². The van der Waals surface area contributed by atoms with Gasteiger partial charge in [-0.15, -0.1) is 0 Å². The summed E-state index contributed by atoms with van der Waals surface area (Å²) in [5, 5.41) is 7.34. The number of hydrogen-bond donors (Lipinski definition) is 1. The smallest absolute Gasteiger partial charge is 0.154 e. The van der Waals surface area contributed by atoms with E-state index in [1.54, 1.807) is 0 Å². The van der Waals surface area contributed by atoms with Crippen molar-refractivity contribution in [3.8, 4) is 0 Å². The molecule has 1 aliphatic heterocycles. The first kappa shape index (κ1) is 10.0. The van der Waals surface area contributed by atoms with E-state index in [1.165, 1.54) is 24.3 Å². The van der Waals surface area contributed by atoms with Gasteiger partial charge in [0.25, 0.3) is 0 Å². The van der Waals surface area contributed by atoms with Crippen LogP contribution in [-0.4, -0.2) is 26.7 Å². The molecule has 0 bridgehead atoms. The number of nitrogens with one attached hydrogen (secondary N) is 1. The Morgan fingerprint density at radius 3 is 3.21 bits per heavy atom. The number of H-pyrrole nitrogens is 1. The summed E-state index contributed by atoms with van der Waals surface area (Å²) in [6.07, 6.45) is 4.73. The standard InChI is InChI=1S/C10H17N3S/c1-2-4-9-11-10(13-12-9)8-5-3-6-14-7-8/h8H,2-7H2,1H3,(H,11,12,13). The topological polar surface area (TPSA) is 41.6 Å². The fourth-order valence-corrected chi connectivity index (χ4v) is 2.92. The Balaban J connectivity index is 2.00. The van der Waals surface area contributed by atoms with Gasteiger partial charge in [-0.1, -0.05) is 6.92 Å². The largest absolute Gasteiger partial charge is 0.263 e. The molecule has 1 saturated heterocycles. The highest BCUT2D eigenvalue weighted by Crippen LogP contribution is 2.28. The van der Waals surface area contributed by atoms with Crippen LogP contribution in [0.25, 0.3) is 0 Å². The van der Waals surface area contributed by atoms with Gasteiger partial charge in [0.15, 0.2) is 5.82 Å². The number of nitrogens with zero attached hydrogens (tertiary/aromatic N) is 2. The van der Waals surface area contributed by atoms with E-state index in [2.05, 4.69) is 22.1 Å². The van der Waals surface area contributed by atoms with Crippen LogP contribution in [-0.2, 0) is 6.42 Å². The summed E-state index contributed by atoms with van der Waals surface area (Å²) in [5.41, 5.74) is 0. The lowest BCUT2D eigenvalue weighted by molar-refractivity contribution is 0.625. The molecule has 1 atom stereocenters. The first-order valence-electron chi connectivity index (χ1n) is 5.39. The third-order valence-electron chi connectivity index (χ3n) is 2.56. The van der Waals surface area contributed by atoms with Gasteiger partial charge < -0.3 is 0 Å². The first-order valence-corrected chi connectivity index (χ1v) is 6.54. The summed E-state index contributed by atoms with van der Waals surface area (Å²) in [5.74, 6) is 5.20. The summed E-state index contributed by atoms with van der Waals surface area (Å²) >= 11 is 2.03. The zero-order valence-electron chi connectivity index (χ0n) is 8.62. The summed E-state index contributed by atoms with van der Waals surface area (Å²) in [6.45, 7) is 2.17. The van der Waals surface area contributed by atoms with Crippen LogP contribution in [0.15, 0.2) is 0 Å². The molecule has 0 saturated carbocycles. The van der Waals surface area contributed by atoms with Crippen LogP contribution in [0.3, 0.4) is 0 Å². The summed E-state index contributed by atoms with van der Waals surface area (Å²) in [6, 6.07) is 0. The van der Waals surface area contributed by atoms with Crippen molar-refractivity contribution in [1.29, 1.82) is 0 Å². The Labute approximate surface area is 89.1 Å². The highest BCUT2D eigenvalue weighted by molar-refractivity contribution is 7.99. The highest BCUT2D eigenvalue weighted by atomic mass is 32.2. The molecule has 0 aromatic carbocycles. The molecule has 0 aliphatic carbocycles. The van der Waals surface area contributed by atoms with Crippen molar-refractivity contribution in [2.45, 2.75) is 38.5 Å². The van der Waals surface area contributed by atoms with Gasteiger partial charge in [-0.3, -0.25) is 5.10 Å². The molecule has 78 valence electrons. The molecule has 1 N–H and O–H groups in total. The minimum absolute atomic E-state index is 0.593. The summed E-state index contributed by atoms with van der Waals surface area (Å²) in [7, 11) is 0. The second-order valence-electron chi connectivity index (χ2n) is 3.80. The average Bonchev–Trinajstić information content (AvgIpc) is 2.68. The number of hydrogen-bond acceptors (Lipinski definition) is 3. The number of aromatic amines is 1. The van der Waals surface area contributed by atoms with Crippen LogP contribution < -0.4 is 0 Å². The normalized spacial score (nSPS) is 22.5. The van der Waals surface area contributed by atoms with Crippen molar-refractivity contribution in [2.24, 2.45) is 0 Å². The highest BCUT2D eigenvalue weighted by Gasteiger charge is 2.19. The Hall–Kier alpha value is -0.510. The molecule has 2 rings (SSSR count). The van der Waals surface area contributed by atoms with Gasteiger partial charge in [-0.05, 0) is 25.0 Å². The molecule has 0 amide bonds. The monoisotopic (exact) mass is 211 g/mol. The predicted molar refractivity (Wildman–Crippen MR) is 59.7 cm³/mol. The van der Waals surface area contributed by atoms with E-state index in [9.17, 15) is 0 Å². The molecular weight excluding hydrogens is 194 g/mol. The van der Waals surface area contributed by atoms with E-state index in [0.717, 1.165) is 24.5 Å². The zero-order chi connectivity index (χ0) is 9.80. The Kier molecular flexibility index (Phi) is 3.45. The number of thioether (sulfide) groups is 1. The lowest BCUT2D eigenvalue weighted by Crippen LogP contribution is -2.10. The number of aromatic nitrogens is 3. The molecule has 1 aliphatic rings. The van der Waals surface area contributed by atoms with Crippen LogP contribution in [0.4, 0.5) is 0 Å². The van der Waals surface area contributed by atoms with Gasteiger partial charge in [-0.25, -0.2) is 4.98 Å². The van der Waals surface area contributed by atoms with E-state index >= 15 is 0 Å². The summed E-state index contributed by atoms with van der Waals surface area (Å²) < 4.78 is 0. The molecule has 1 aromatic rings. The lowest BCUT2D eigenvalue weighted by atomic mass is 10.1. The maximum atomic E-state index is 4.54. The van der Waals surface area contributed by atoms with E-state index in [0.29, 0.717) is 5.92 Å². The third-order valence-corrected chi connectivity index (χ3v) is 3.78. The van der Waals surface area contributed by atoms with E-state index in [-0.39, 0.29) is 0 Å². The van der Waals surface area contributed by atoms with Gasteiger partial charge in [-0.2, -0.15) is 16.9 Å². The van der Waals surface area contributed by atoms with Crippen LogP contribution in [0.2, 0.25) is 0 Å². The molecule has 3 nitrogen and oxygen atoms in total. The van der Waals surface area contributed by atoms with Gasteiger partial charge in [0, 0.05) is 18.1 Å². The zero-order valence-corrected chi connectivity index (χ0v) is 9.44. The van der Waals surface area contributed by atoms with Crippen molar-refractivity contribution in [2.75, 3.05) is 11.5 Å². The molecule has 14 heavy (non-hydrogen) atoms. The van der Waals surface area contributed by atoms with Gasteiger partial charge in [0.1, 0.15) is 5.82 Å². The van der Waals surface area contributed by atoms with E-state index in [1.807, 2.05) is 11.8 Å². The quantitative estimate of drug-likeness (QED) is 0.834. The van der Waals surface area contributed by atoms with Crippen LogP contribution in [0.5, 0.6) is 0 Å². The first-order chi connectivity index (χ1) is 6.90. The van der Waals surface area contributed by atoms with E-state index in [4.69, 9.17) is 0 Å². The second kappa shape index (κ2) is 4.82.